The van der Waals surface area contributed by atoms with Gasteiger partial charge in [0.15, 0.2) is 0 Å². The van der Waals surface area contributed by atoms with Gasteiger partial charge in [0.1, 0.15) is 0 Å². The minimum Gasteiger partial charge on any atom is -0.310 e. The molecule has 1 saturated carbocycles. The number of aryl methyl sites for hydroxylation is 2. The molecule has 2 rings (SSSR count). The lowest BCUT2D eigenvalue weighted by molar-refractivity contribution is 0.468. The maximum absolute atomic E-state index is 12.7. The normalized spacial score (nSPS) is 15.7. The topological polar surface area (TPSA) is 49.4 Å². The molecule has 118 valence electrons. The Hall–Kier alpha value is -0.910. The quantitative estimate of drug-likeness (QED) is 0.842. The Bertz CT molecular complexity index is 607. The lowest BCUT2D eigenvalue weighted by Crippen LogP contribution is -2.28. The summed E-state index contributed by atoms with van der Waals surface area (Å²) in [4.78, 5) is 0.441. The molecule has 0 spiro atoms. The zero-order valence-electron chi connectivity index (χ0n) is 13.4. The number of hydrogen-bond acceptors (Lipinski definition) is 3. The summed E-state index contributed by atoms with van der Waals surface area (Å²) in [7, 11) is -1.74. The predicted octanol–water partition coefficient (Wildman–Crippen LogP) is 2.59. The van der Waals surface area contributed by atoms with Crippen LogP contribution >= 0.6 is 0 Å². The van der Waals surface area contributed by atoms with E-state index in [4.69, 9.17) is 0 Å². The molecule has 5 heteroatoms. The van der Waals surface area contributed by atoms with E-state index in [1.165, 1.54) is 17.1 Å². The second-order valence-corrected chi connectivity index (χ2v) is 8.04. The molecule has 0 saturated heterocycles. The molecule has 21 heavy (non-hydrogen) atoms. The first kappa shape index (κ1) is 16.5. The van der Waals surface area contributed by atoms with Crippen LogP contribution in [0.15, 0.2) is 17.0 Å². The van der Waals surface area contributed by atoms with Crippen LogP contribution in [0.3, 0.4) is 0 Å². The van der Waals surface area contributed by atoms with Crippen molar-refractivity contribution in [2.75, 3.05) is 13.6 Å². The van der Waals surface area contributed by atoms with Crippen molar-refractivity contribution < 1.29 is 8.42 Å². The zero-order valence-corrected chi connectivity index (χ0v) is 14.3. The molecule has 1 aromatic rings. The fourth-order valence-corrected chi connectivity index (χ4v) is 4.00. The molecular formula is C16H26N2O2S. The van der Waals surface area contributed by atoms with Gasteiger partial charge in [-0.3, -0.25) is 0 Å². The smallest absolute Gasteiger partial charge is 0.243 e. The van der Waals surface area contributed by atoms with Gasteiger partial charge in [-0.25, -0.2) is 12.7 Å². The van der Waals surface area contributed by atoms with E-state index < -0.39 is 10.0 Å². The van der Waals surface area contributed by atoms with Gasteiger partial charge in [-0.2, -0.15) is 0 Å². The van der Waals surface area contributed by atoms with Crippen molar-refractivity contribution in [2.24, 2.45) is 0 Å². The number of sulfonamides is 1. The summed E-state index contributed by atoms with van der Waals surface area (Å²) in [6, 6.07) is 4.45. The molecular weight excluding hydrogens is 284 g/mol. The van der Waals surface area contributed by atoms with Gasteiger partial charge in [-0.15, -0.1) is 0 Å². The van der Waals surface area contributed by atoms with Crippen molar-refractivity contribution in [2.45, 2.75) is 57.5 Å². The van der Waals surface area contributed by atoms with E-state index in [0.29, 0.717) is 17.5 Å². The molecule has 4 nitrogen and oxygen atoms in total. The van der Waals surface area contributed by atoms with E-state index in [9.17, 15) is 8.42 Å². The summed E-state index contributed by atoms with van der Waals surface area (Å²) in [5, 5.41) is 3.46. The van der Waals surface area contributed by atoms with Crippen molar-refractivity contribution in [3.8, 4) is 0 Å². The second kappa shape index (κ2) is 6.46. The predicted molar refractivity (Wildman–Crippen MR) is 85.9 cm³/mol. The van der Waals surface area contributed by atoms with Gasteiger partial charge >= 0.3 is 0 Å². The molecule has 0 amide bonds. The molecule has 1 aliphatic rings. The van der Waals surface area contributed by atoms with Crippen molar-refractivity contribution >= 4 is 10.0 Å². The molecule has 1 aromatic carbocycles. The van der Waals surface area contributed by atoms with E-state index in [0.717, 1.165) is 29.7 Å². The third-order valence-electron chi connectivity index (χ3n) is 4.02. The lowest BCUT2D eigenvalue weighted by Gasteiger charge is -2.19. The highest BCUT2D eigenvalue weighted by molar-refractivity contribution is 7.89. The molecule has 1 fully saturated rings. The maximum Gasteiger partial charge on any atom is 0.243 e. The maximum atomic E-state index is 12.7. The molecule has 0 heterocycles. The van der Waals surface area contributed by atoms with Crippen molar-refractivity contribution in [3.05, 3.63) is 28.8 Å². The number of nitrogens with zero attached hydrogens (tertiary/aromatic N) is 1. The molecule has 1 N–H and O–H groups in total. The summed E-state index contributed by atoms with van der Waals surface area (Å²) in [6.45, 7) is 7.20. The van der Waals surface area contributed by atoms with E-state index in [1.54, 1.807) is 7.05 Å². The number of rotatable bonds is 7. The fourth-order valence-electron chi connectivity index (χ4n) is 2.49. The lowest BCUT2D eigenvalue weighted by atomic mass is 10.1. The molecule has 1 aliphatic carbocycles. The van der Waals surface area contributed by atoms with Gasteiger partial charge in [0.2, 0.25) is 10.0 Å². The monoisotopic (exact) mass is 310 g/mol. The van der Waals surface area contributed by atoms with Crippen molar-refractivity contribution in [1.82, 2.24) is 9.62 Å². The Morgan fingerprint density at radius 1 is 1.24 bits per heavy atom. The van der Waals surface area contributed by atoms with Gasteiger partial charge < -0.3 is 5.32 Å². The number of hydrogen-bond donors (Lipinski definition) is 1. The summed E-state index contributed by atoms with van der Waals surface area (Å²) in [6.07, 6.45) is 3.28. The van der Waals surface area contributed by atoms with Crippen LogP contribution in [-0.2, 0) is 16.6 Å². The van der Waals surface area contributed by atoms with Crippen LogP contribution in [0, 0.1) is 13.8 Å². The van der Waals surface area contributed by atoms with Crippen LogP contribution in [-0.4, -0.2) is 32.4 Å². The van der Waals surface area contributed by atoms with Crippen molar-refractivity contribution in [3.63, 3.8) is 0 Å². The van der Waals surface area contributed by atoms with Crippen LogP contribution in [0.1, 0.15) is 42.9 Å². The third-order valence-corrected chi connectivity index (χ3v) is 6.02. The summed E-state index contributed by atoms with van der Waals surface area (Å²) in [5.74, 6) is 0. The van der Waals surface area contributed by atoms with Crippen LogP contribution in [0.2, 0.25) is 0 Å². The Balaban J connectivity index is 2.31. The Labute approximate surface area is 128 Å². The Morgan fingerprint density at radius 2 is 1.90 bits per heavy atom. The highest BCUT2D eigenvalue weighted by Gasteiger charge is 2.24. The number of benzene rings is 1. The first-order valence-corrected chi connectivity index (χ1v) is 9.10. The minimum absolute atomic E-state index is 0.441. The molecule has 0 aliphatic heterocycles. The Morgan fingerprint density at radius 3 is 2.48 bits per heavy atom. The third kappa shape index (κ3) is 3.84. The summed E-state index contributed by atoms with van der Waals surface area (Å²) >= 11 is 0. The zero-order chi connectivity index (χ0) is 15.6. The Kier molecular flexibility index (Phi) is 5.07. The van der Waals surface area contributed by atoms with E-state index in [1.807, 2.05) is 32.9 Å². The van der Waals surface area contributed by atoms with Gasteiger partial charge in [0, 0.05) is 26.2 Å². The first-order chi connectivity index (χ1) is 9.86. The van der Waals surface area contributed by atoms with Gasteiger partial charge in [-0.1, -0.05) is 13.0 Å². The van der Waals surface area contributed by atoms with Crippen LogP contribution in [0.5, 0.6) is 0 Å². The van der Waals surface area contributed by atoms with Gasteiger partial charge in [0.05, 0.1) is 4.90 Å². The van der Waals surface area contributed by atoms with Gasteiger partial charge in [-0.05, 0) is 55.9 Å². The average Bonchev–Trinajstić information content (AvgIpc) is 3.21. The van der Waals surface area contributed by atoms with Crippen LogP contribution < -0.4 is 5.32 Å². The second-order valence-electron chi connectivity index (χ2n) is 6.03. The molecule has 0 aromatic heterocycles. The molecule has 0 unspecified atom stereocenters. The number of nitrogens with one attached hydrogen (secondary N) is 1. The largest absolute Gasteiger partial charge is 0.310 e. The van der Waals surface area contributed by atoms with Crippen molar-refractivity contribution in [1.29, 1.82) is 0 Å². The first-order valence-electron chi connectivity index (χ1n) is 7.66. The van der Waals surface area contributed by atoms with E-state index in [-0.39, 0.29) is 0 Å². The fraction of sp³-hybridized carbons (Fsp3) is 0.625. The average molecular weight is 310 g/mol. The van der Waals surface area contributed by atoms with Gasteiger partial charge in [0.25, 0.3) is 0 Å². The summed E-state index contributed by atoms with van der Waals surface area (Å²) < 4.78 is 26.8. The standard InChI is InChI=1S/C16H26N2O2S/c1-5-8-18(4)21(19,20)16-10-14(11-17-15-6-7-15)12(2)9-13(16)3/h9-10,15,17H,5-8,11H2,1-4H3. The van der Waals surface area contributed by atoms with Crippen LogP contribution in [0.25, 0.3) is 0 Å². The van der Waals surface area contributed by atoms with E-state index in [2.05, 4.69) is 5.32 Å². The highest BCUT2D eigenvalue weighted by atomic mass is 32.2. The molecule has 0 radical (unpaired) electrons. The SMILES string of the molecule is CCCN(C)S(=O)(=O)c1cc(CNC2CC2)c(C)cc1C. The van der Waals surface area contributed by atoms with Crippen LogP contribution in [0.4, 0.5) is 0 Å². The highest BCUT2D eigenvalue weighted by Crippen LogP contribution is 2.25. The molecule has 0 atom stereocenters. The molecule has 0 bridgehead atoms. The minimum atomic E-state index is -3.39. The summed E-state index contributed by atoms with van der Waals surface area (Å²) in [5.41, 5.74) is 3.05. The van der Waals surface area contributed by atoms with E-state index >= 15 is 0 Å².